The molecule has 0 bridgehead atoms. The molecule has 1 nitrogen and oxygen atoms in total. The Labute approximate surface area is 119 Å². The lowest BCUT2D eigenvalue weighted by atomic mass is 9.75. The van der Waals surface area contributed by atoms with Gasteiger partial charge in [0.1, 0.15) is 0 Å². The van der Waals surface area contributed by atoms with E-state index in [2.05, 4.69) is 37.8 Å². The minimum absolute atomic E-state index is 0.128. The van der Waals surface area contributed by atoms with Gasteiger partial charge >= 0.3 is 0 Å². The molecule has 2 unspecified atom stereocenters. The van der Waals surface area contributed by atoms with Gasteiger partial charge in [-0.05, 0) is 25.3 Å². The summed E-state index contributed by atoms with van der Waals surface area (Å²) in [5.41, 5.74) is 1.17. The maximum Gasteiger partial charge on any atom is 0.0758 e. The normalized spacial score (nSPS) is 24.1. The van der Waals surface area contributed by atoms with Gasteiger partial charge in [-0.3, -0.25) is 0 Å². The lowest BCUT2D eigenvalue weighted by molar-refractivity contribution is 0.233. The first kappa shape index (κ1) is 16.2. The Hall–Kier alpha value is -0.820. The monoisotopic (exact) mass is 262 g/mol. The van der Waals surface area contributed by atoms with Gasteiger partial charge in [-0.25, -0.2) is 0 Å². The molecule has 2 atom stereocenters. The second kappa shape index (κ2) is 8.37. The topological polar surface area (TPSA) is 20.2 Å². The molecule has 0 spiro atoms. The average Bonchev–Trinajstić information content (AvgIpc) is 2.43. The highest BCUT2D eigenvalue weighted by Gasteiger charge is 2.24. The number of allylic oxidation sites excluding steroid dienone is 3. The van der Waals surface area contributed by atoms with Crippen LogP contribution in [0.2, 0.25) is 0 Å². The second-order valence-corrected chi connectivity index (χ2v) is 5.87. The Morgan fingerprint density at radius 2 is 2.00 bits per heavy atom. The summed E-state index contributed by atoms with van der Waals surface area (Å²) in [4.78, 5) is 0. The van der Waals surface area contributed by atoms with Crippen molar-refractivity contribution in [3.63, 3.8) is 0 Å². The van der Waals surface area contributed by atoms with E-state index in [1.807, 2.05) is 6.92 Å². The highest BCUT2D eigenvalue weighted by atomic mass is 16.3. The van der Waals surface area contributed by atoms with Crippen LogP contribution in [0.1, 0.15) is 65.2 Å². The fourth-order valence-electron chi connectivity index (χ4n) is 2.69. The molecule has 0 aromatic carbocycles. The predicted molar refractivity (Wildman–Crippen MR) is 84.1 cm³/mol. The third-order valence-electron chi connectivity index (χ3n) is 4.21. The number of hydrogen-bond acceptors (Lipinski definition) is 1. The Bertz CT molecular complexity index is 325. The van der Waals surface area contributed by atoms with E-state index in [0.717, 1.165) is 12.0 Å². The standard InChI is InChI=1S/C18H30O/c1-4-6-7-8-9-10-13-18(5-2)14-11-17(12-15-18)16(3)19/h5,11-12,14,16,19H,2,4,6-10,13,15H2,1,3H3. The number of rotatable bonds is 9. The van der Waals surface area contributed by atoms with Gasteiger partial charge in [0, 0.05) is 5.41 Å². The van der Waals surface area contributed by atoms with Crippen molar-refractivity contribution in [2.24, 2.45) is 5.41 Å². The van der Waals surface area contributed by atoms with Crippen molar-refractivity contribution in [1.29, 1.82) is 0 Å². The molecule has 108 valence electrons. The smallest absolute Gasteiger partial charge is 0.0758 e. The molecule has 1 N–H and O–H groups in total. The number of aliphatic hydroxyl groups is 1. The lowest BCUT2D eigenvalue weighted by Gasteiger charge is -2.29. The molecule has 0 fully saturated rings. The fourth-order valence-corrected chi connectivity index (χ4v) is 2.69. The van der Waals surface area contributed by atoms with Crippen LogP contribution in [-0.2, 0) is 0 Å². The molecule has 0 radical (unpaired) electrons. The second-order valence-electron chi connectivity index (χ2n) is 5.87. The molecular weight excluding hydrogens is 232 g/mol. The summed E-state index contributed by atoms with van der Waals surface area (Å²) in [6.07, 6.45) is 18.4. The summed E-state index contributed by atoms with van der Waals surface area (Å²) in [6, 6.07) is 0. The first-order valence-electron chi connectivity index (χ1n) is 7.84. The molecule has 0 aromatic heterocycles. The summed E-state index contributed by atoms with van der Waals surface area (Å²) in [6.45, 7) is 8.09. The van der Waals surface area contributed by atoms with Gasteiger partial charge in [0.2, 0.25) is 0 Å². The molecular formula is C18H30O. The highest BCUT2D eigenvalue weighted by Crippen LogP contribution is 2.37. The minimum Gasteiger partial charge on any atom is -0.389 e. The summed E-state index contributed by atoms with van der Waals surface area (Å²) in [7, 11) is 0. The minimum atomic E-state index is -0.354. The van der Waals surface area contributed by atoms with Gasteiger partial charge in [0.05, 0.1) is 6.10 Å². The van der Waals surface area contributed by atoms with Gasteiger partial charge in [0.15, 0.2) is 0 Å². The molecule has 0 aromatic rings. The van der Waals surface area contributed by atoms with E-state index < -0.39 is 0 Å². The van der Waals surface area contributed by atoms with Crippen molar-refractivity contribution in [3.05, 3.63) is 36.5 Å². The van der Waals surface area contributed by atoms with E-state index in [9.17, 15) is 5.11 Å². The molecule has 0 aliphatic heterocycles. The third-order valence-corrected chi connectivity index (χ3v) is 4.21. The summed E-state index contributed by atoms with van der Waals surface area (Å²) >= 11 is 0. The maximum atomic E-state index is 9.57. The van der Waals surface area contributed by atoms with Gasteiger partial charge < -0.3 is 5.11 Å². The van der Waals surface area contributed by atoms with Crippen molar-refractivity contribution in [2.45, 2.75) is 71.3 Å². The summed E-state index contributed by atoms with van der Waals surface area (Å²) < 4.78 is 0. The van der Waals surface area contributed by atoms with Crippen LogP contribution in [0.15, 0.2) is 36.5 Å². The molecule has 0 heterocycles. The number of aliphatic hydroxyl groups excluding tert-OH is 1. The van der Waals surface area contributed by atoms with Crippen LogP contribution in [0.4, 0.5) is 0 Å². The number of hydrogen-bond donors (Lipinski definition) is 1. The SMILES string of the molecule is C=CC1(CCCCCCCC)C=CC(C(C)O)=CC1. The van der Waals surface area contributed by atoms with E-state index >= 15 is 0 Å². The van der Waals surface area contributed by atoms with Crippen molar-refractivity contribution in [1.82, 2.24) is 0 Å². The average molecular weight is 262 g/mol. The van der Waals surface area contributed by atoms with Gasteiger partial charge in [-0.15, -0.1) is 6.58 Å². The zero-order valence-electron chi connectivity index (χ0n) is 12.7. The van der Waals surface area contributed by atoms with E-state index in [4.69, 9.17) is 0 Å². The molecule has 1 aliphatic carbocycles. The maximum absolute atomic E-state index is 9.57. The molecule has 1 rings (SSSR count). The summed E-state index contributed by atoms with van der Waals surface area (Å²) in [5, 5.41) is 9.57. The zero-order chi connectivity index (χ0) is 14.1. The van der Waals surface area contributed by atoms with Crippen LogP contribution in [0.5, 0.6) is 0 Å². The first-order chi connectivity index (χ1) is 9.13. The van der Waals surface area contributed by atoms with Gasteiger partial charge in [0.25, 0.3) is 0 Å². The molecule has 0 saturated carbocycles. The van der Waals surface area contributed by atoms with Crippen LogP contribution in [0.3, 0.4) is 0 Å². The van der Waals surface area contributed by atoms with Crippen LogP contribution >= 0.6 is 0 Å². The van der Waals surface area contributed by atoms with E-state index in [-0.39, 0.29) is 11.5 Å². The van der Waals surface area contributed by atoms with Crippen LogP contribution in [-0.4, -0.2) is 11.2 Å². The molecule has 0 amide bonds. The first-order valence-corrected chi connectivity index (χ1v) is 7.84. The summed E-state index contributed by atoms with van der Waals surface area (Å²) in [5.74, 6) is 0. The fraction of sp³-hybridized carbons (Fsp3) is 0.667. The molecule has 19 heavy (non-hydrogen) atoms. The number of unbranched alkanes of at least 4 members (excludes halogenated alkanes) is 5. The Morgan fingerprint density at radius 1 is 1.32 bits per heavy atom. The Balaban J connectivity index is 2.34. The van der Waals surface area contributed by atoms with Crippen molar-refractivity contribution in [2.75, 3.05) is 0 Å². The van der Waals surface area contributed by atoms with Crippen molar-refractivity contribution >= 4 is 0 Å². The van der Waals surface area contributed by atoms with Gasteiger partial charge in [-0.1, -0.05) is 69.8 Å². The van der Waals surface area contributed by atoms with Gasteiger partial charge in [-0.2, -0.15) is 0 Å². The van der Waals surface area contributed by atoms with Crippen molar-refractivity contribution in [3.8, 4) is 0 Å². The van der Waals surface area contributed by atoms with E-state index in [0.29, 0.717) is 0 Å². The van der Waals surface area contributed by atoms with Crippen molar-refractivity contribution < 1.29 is 5.11 Å². The largest absolute Gasteiger partial charge is 0.389 e. The van der Waals surface area contributed by atoms with Crippen LogP contribution in [0.25, 0.3) is 0 Å². The van der Waals surface area contributed by atoms with E-state index in [1.165, 1.54) is 44.9 Å². The Kier molecular flexibility index (Phi) is 7.15. The highest BCUT2D eigenvalue weighted by molar-refractivity contribution is 5.31. The lowest BCUT2D eigenvalue weighted by Crippen LogP contribution is -2.18. The predicted octanol–water partition coefficient (Wildman–Crippen LogP) is 5.18. The molecule has 1 aliphatic rings. The van der Waals surface area contributed by atoms with E-state index in [1.54, 1.807) is 0 Å². The molecule has 0 saturated heterocycles. The Morgan fingerprint density at radius 3 is 2.53 bits per heavy atom. The van der Waals surface area contributed by atoms with Crippen LogP contribution < -0.4 is 0 Å². The quantitative estimate of drug-likeness (QED) is 0.448. The zero-order valence-corrected chi connectivity index (χ0v) is 12.7. The van der Waals surface area contributed by atoms with Crippen LogP contribution in [0, 0.1) is 5.41 Å². The molecule has 1 heteroatoms. The third kappa shape index (κ3) is 5.36.